The van der Waals surface area contributed by atoms with Gasteiger partial charge in [-0.05, 0) is 33.6 Å². The van der Waals surface area contributed by atoms with Crippen molar-refractivity contribution in [1.82, 2.24) is 10.6 Å². The van der Waals surface area contributed by atoms with Gasteiger partial charge in [-0.15, -0.1) is 0 Å². The number of carbonyl (C=O) groups excluding carboxylic acids is 2. The van der Waals surface area contributed by atoms with Crippen LogP contribution in [0.3, 0.4) is 0 Å². The lowest BCUT2D eigenvalue weighted by Gasteiger charge is -2.19. The topological polar surface area (TPSA) is 87.7 Å². The third-order valence-electron chi connectivity index (χ3n) is 2.18. The number of hydrogen-bond acceptors (Lipinski definition) is 4. The van der Waals surface area contributed by atoms with Crippen molar-refractivity contribution in [2.24, 2.45) is 0 Å². The molecule has 0 aliphatic rings. The molecule has 0 heterocycles. The minimum Gasteiger partial charge on any atom is -0.459 e. The summed E-state index contributed by atoms with van der Waals surface area (Å²) in [6.07, 6.45) is 3.58. The Morgan fingerprint density at radius 2 is 1.68 bits per heavy atom. The number of aliphatic hydroxyl groups excluding tert-OH is 1. The molecule has 0 radical (unpaired) electrons. The van der Waals surface area contributed by atoms with E-state index in [1.165, 1.54) is 0 Å². The van der Waals surface area contributed by atoms with E-state index in [1.807, 2.05) is 0 Å². The molecule has 0 spiro atoms. The molecule has 0 saturated carbocycles. The highest BCUT2D eigenvalue weighted by Gasteiger charge is 2.16. The molecule has 2 amide bonds. The van der Waals surface area contributed by atoms with E-state index in [4.69, 9.17) is 9.84 Å². The molecule has 0 aliphatic carbocycles. The fourth-order valence-electron chi connectivity index (χ4n) is 1.38. The second kappa shape index (κ2) is 9.61. The van der Waals surface area contributed by atoms with Crippen LogP contribution in [-0.2, 0) is 9.53 Å². The monoisotopic (exact) mass is 274 g/mol. The van der Waals surface area contributed by atoms with E-state index < -0.39 is 11.6 Å². The quantitative estimate of drug-likeness (QED) is 0.458. The van der Waals surface area contributed by atoms with E-state index in [-0.39, 0.29) is 19.2 Å². The Morgan fingerprint density at radius 3 is 2.26 bits per heavy atom. The number of nitrogens with one attached hydrogen (secondary N) is 2. The number of ether oxygens (including phenoxy) is 1. The normalized spacial score (nSPS) is 10.9. The molecular weight excluding hydrogens is 248 g/mol. The minimum atomic E-state index is -0.540. The molecule has 0 rings (SSSR count). The zero-order valence-corrected chi connectivity index (χ0v) is 12.1. The number of amides is 2. The number of hydrogen-bond donors (Lipinski definition) is 3. The highest BCUT2D eigenvalue weighted by molar-refractivity contribution is 5.80. The molecule has 112 valence electrons. The average molecular weight is 274 g/mol. The summed E-state index contributed by atoms with van der Waals surface area (Å²) in [4.78, 5) is 22.7. The van der Waals surface area contributed by atoms with E-state index in [9.17, 15) is 9.59 Å². The van der Waals surface area contributed by atoms with Gasteiger partial charge in [-0.1, -0.05) is 12.8 Å². The van der Waals surface area contributed by atoms with Crippen LogP contribution in [0, 0.1) is 0 Å². The first-order valence-electron chi connectivity index (χ1n) is 6.69. The molecule has 6 heteroatoms. The Kier molecular flexibility index (Phi) is 8.95. The highest BCUT2D eigenvalue weighted by atomic mass is 16.6. The van der Waals surface area contributed by atoms with Crippen LogP contribution < -0.4 is 10.6 Å². The van der Waals surface area contributed by atoms with Crippen LogP contribution in [0.4, 0.5) is 4.79 Å². The van der Waals surface area contributed by atoms with Crippen LogP contribution in [0.1, 0.15) is 46.5 Å². The first-order chi connectivity index (χ1) is 8.85. The predicted molar refractivity (Wildman–Crippen MR) is 72.8 cm³/mol. The molecule has 3 N–H and O–H groups in total. The molecule has 6 nitrogen and oxygen atoms in total. The van der Waals surface area contributed by atoms with Gasteiger partial charge >= 0.3 is 12.0 Å². The van der Waals surface area contributed by atoms with Gasteiger partial charge in [0, 0.05) is 13.2 Å². The van der Waals surface area contributed by atoms with Crippen LogP contribution in [0.25, 0.3) is 0 Å². The van der Waals surface area contributed by atoms with Crippen molar-refractivity contribution in [3.8, 4) is 0 Å². The van der Waals surface area contributed by atoms with E-state index in [2.05, 4.69) is 10.6 Å². The number of carbonyl (C=O) groups is 2. The third-order valence-corrected chi connectivity index (χ3v) is 2.18. The van der Waals surface area contributed by atoms with Gasteiger partial charge in [0.15, 0.2) is 0 Å². The van der Waals surface area contributed by atoms with Crippen molar-refractivity contribution in [3.63, 3.8) is 0 Å². The summed E-state index contributed by atoms with van der Waals surface area (Å²) in [5.74, 6) is -0.453. The average Bonchev–Trinajstić information content (AvgIpc) is 2.29. The van der Waals surface area contributed by atoms with Crippen molar-refractivity contribution in [1.29, 1.82) is 0 Å². The highest BCUT2D eigenvalue weighted by Crippen LogP contribution is 2.06. The number of aliphatic hydroxyl groups is 1. The maximum absolute atomic E-state index is 11.3. The molecule has 0 fully saturated rings. The van der Waals surface area contributed by atoms with Crippen LogP contribution in [0.15, 0.2) is 0 Å². The standard InChI is InChI=1S/C13H26N2O4/c1-13(2,3)19-11(17)10-15-12(18)14-8-6-4-5-7-9-16/h16H,4-10H2,1-3H3,(H2,14,15,18). The Balaban J connectivity index is 3.52. The van der Waals surface area contributed by atoms with E-state index >= 15 is 0 Å². The fraction of sp³-hybridized carbons (Fsp3) is 0.846. The lowest BCUT2D eigenvalue weighted by Crippen LogP contribution is -2.40. The van der Waals surface area contributed by atoms with Gasteiger partial charge in [0.05, 0.1) is 0 Å². The van der Waals surface area contributed by atoms with Gasteiger partial charge < -0.3 is 20.5 Å². The van der Waals surface area contributed by atoms with E-state index in [1.54, 1.807) is 20.8 Å². The summed E-state index contributed by atoms with van der Waals surface area (Å²) in [5, 5.41) is 13.7. The van der Waals surface area contributed by atoms with Gasteiger partial charge in [0.25, 0.3) is 0 Å². The van der Waals surface area contributed by atoms with Crippen molar-refractivity contribution in [2.45, 2.75) is 52.1 Å². The first kappa shape index (κ1) is 17.7. The van der Waals surface area contributed by atoms with Gasteiger partial charge in [0.2, 0.25) is 0 Å². The number of urea groups is 1. The Morgan fingerprint density at radius 1 is 1.05 bits per heavy atom. The molecule has 0 bridgehead atoms. The second-order valence-corrected chi connectivity index (χ2v) is 5.33. The van der Waals surface area contributed by atoms with E-state index in [0.717, 1.165) is 25.7 Å². The smallest absolute Gasteiger partial charge is 0.325 e. The molecule has 0 saturated heterocycles. The molecule has 0 unspecified atom stereocenters. The van der Waals surface area contributed by atoms with Crippen molar-refractivity contribution in [3.05, 3.63) is 0 Å². The third kappa shape index (κ3) is 12.9. The van der Waals surface area contributed by atoms with Crippen LogP contribution >= 0.6 is 0 Å². The lowest BCUT2D eigenvalue weighted by molar-refractivity contribution is -0.153. The van der Waals surface area contributed by atoms with Gasteiger partial charge in [-0.3, -0.25) is 4.79 Å². The van der Waals surface area contributed by atoms with Gasteiger partial charge in [-0.2, -0.15) is 0 Å². The van der Waals surface area contributed by atoms with Gasteiger partial charge in [0.1, 0.15) is 12.1 Å². The molecule has 0 aromatic carbocycles. The van der Waals surface area contributed by atoms with Crippen LogP contribution in [0.2, 0.25) is 0 Å². The van der Waals surface area contributed by atoms with Crippen LogP contribution in [-0.4, -0.2) is 42.4 Å². The van der Waals surface area contributed by atoms with Gasteiger partial charge in [-0.25, -0.2) is 4.79 Å². The molecule has 0 aromatic rings. The maximum atomic E-state index is 11.3. The number of esters is 1. The maximum Gasteiger partial charge on any atom is 0.325 e. The first-order valence-corrected chi connectivity index (χ1v) is 6.69. The summed E-state index contributed by atoms with van der Waals surface area (Å²) in [7, 11) is 0. The molecule has 0 aromatic heterocycles. The summed E-state index contributed by atoms with van der Waals surface area (Å²) >= 11 is 0. The molecule has 19 heavy (non-hydrogen) atoms. The molecular formula is C13H26N2O4. The Labute approximate surface area is 114 Å². The molecule has 0 atom stereocenters. The predicted octanol–water partition coefficient (Wildman–Crippen LogP) is 1.18. The second-order valence-electron chi connectivity index (χ2n) is 5.33. The Bertz CT molecular complexity index is 274. The Hall–Kier alpha value is -1.30. The largest absolute Gasteiger partial charge is 0.459 e. The van der Waals surface area contributed by atoms with Crippen molar-refractivity contribution >= 4 is 12.0 Å². The lowest BCUT2D eigenvalue weighted by atomic mass is 10.2. The summed E-state index contributed by atoms with van der Waals surface area (Å²) in [5.41, 5.74) is -0.540. The van der Waals surface area contributed by atoms with Crippen LogP contribution in [0.5, 0.6) is 0 Å². The summed E-state index contributed by atoms with van der Waals surface area (Å²) < 4.78 is 5.05. The SMILES string of the molecule is CC(C)(C)OC(=O)CNC(=O)NCCCCCCO. The van der Waals surface area contributed by atoms with Crippen molar-refractivity contribution in [2.75, 3.05) is 19.7 Å². The zero-order chi connectivity index (χ0) is 14.7. The molecule has 0 aliphatic heterocycles. The zero-order valence-electron chi connectivity index (χ0n) is 12.1. The number of unbranched alkanes of at least 4 members (excludes halogenated alkanes) is 3. The minimum absolute atomic E-state index is 0.131. The summed E-state index contributed by atoms with van der Waals surface area (Å²) in [6.45, 7) is 5.97. The summed E-state index contributed by atoms with van der Waals surface area (Å²) in [6, 6.07) is -0.368. The van der Waals surface area contributed by atoms with E-state index in [0.29, 0.717) is 6.54 Å². The van der Waals surface area contributed by atoms with Crippen molar-refractivity contribution < 1.29 is 19.4 Å². The number of rotatable bonds is 8. The fourth-order valence-corrected chi connectivity index (χ4v) is 1.38.